The molecule has 1 saturated heterocycles. The first kappa shape index (κ1) is 15.5. The molecule has 0 bridgehead atoms. The van der Waals surface area contributed by atoms with Crippen LogP contribution in [-0.4, -0.2) is 34.9 Å². The van der Waals surface area contributed by atoms with Gasteiger partial charge in [0.15, 0.2) is 11.5 Å². The third-order valence-corrected chi connectivity index (χ3v) is 4.42. The standard InChI is InChI=1S/C17H18N4O4/c1-10-5-15(20(2)19-10)18-17(23)11-6-16(22)21(8-11)12-3-4-13-14(7-12)25-9-24-13/h3-5,7,11H,6,8-9H2,1-2H3,(H,18,23)/t11-/m1/s1. The van der Waals surface area contributed by atoms with Gasteiger partial charge >= 0.3 is 0 Å². The Morgan fingerprint density at radius 3 is 2.84 bits per heavy atom. The second-order valence-corrected chi connectivity index (χ2v) is 6.23. The van der Waals surface area contributed by atoms with Gasteiger partial charge in [-0.15, -0.1) is 0 Å². The highest BCUT2D eigenvalue weighted by atomic mass is 16.7. The van der Waals surface area contributed by atoms with E-state index in [4.69, 9.17) is 9.47 Å². The van der Waals surface area contributed by atoms with Crippen molar-refractivity contribution in [2.75, 3.05) is 23.6 Å². The SMILES string of the molecule is Cc1cc(NC(=O)[C@@H]2CC(=O)N(c3ccc4c(c3)OCO4)C2)n(C)n1. The number of hydrogen-bond donors (Lipinski definition) is 1. The third kappa shape index (κ3) is 2.79. The van der Waals surface area contributed by atoms with Crippen molar-refractivity contribution in [1.29, 1.82) is 0 Å². The second-order valence-electron chi connectivity index (χ2n) is 6.23. The molecule has 4 rings (SSSR count). The molecule has 1 N–H and O–H groups in total. The lowest BCUT2D eigenvalue weighted by Crippen LogP contribution is -2.28. The van der Waals surface area contributed by atoms with E-state index in [2.05, 4.69) is 10.4 Å². The molecule has 1 aromatic heterocycles. The number of carbonyl (C=O) groups excluding carboxylic acids is 2. The van der Waals surface area contributed by atoms with Crippen molar-refractivity contribution >= 4 is 23.3 Å². The van der Waals surface area contributed by atoms with E-state index >= 15 is 0 Å². The lowest BCUT2D eigenvalue weighted by Gasteiger charge is -2.17. The first-order valence-corrected chi connectivity index (χ1v) is 8.03. The maximum Gasteiger partial charge on any atom is 0.231 e. The van der Waals surface area contributed by atoms with Crippen molar-refractivity contribution < 1.29 is 19.1 Å². The average molecular weight is 342 g/mol. The largest absolute Gasteiger partial charge is 0.454 e. The molecule has 2 aromatic rings. The van der Waals surface area contributed by atoms with Crippen molar-refractivity contribution in [3.05, 3.63) is 30.0 Å². The predicted octanol–water partition coefficient (Wildman–Crippen LogP) is 1.45. The normalized spacial score (nSPS) is 18.7. The lowest BCUT2D eigenvalue weighted by molar-refractivity contribution is -0.122. The highest BCUT2D eigenvalue weighted by Crippen LogP contribution is 2.37. The number of amides is 2. The lowest BCUT2D eigenvalue weighted by atomic mass is 10.1. The molecule has 0 radical (unpaired) electrons. The summed E-state index contributed by atoms with van der Waals surface area (Å²) in [6.45, 7) is 2.37. The fourth-order valence-corrected chi connectivity index (χ4v) is 3.14. The minimum Gasteiger partial charge on any atom is -0.454 e. The van der Waals surface area contributed by atoms with Gasteiger partial charge in [-0.05, 0) is 19.1 Å². The van der Waals surface area contributed by atoms with Crippen LogP contribution >= 0.6 is 0 Å². The van der Waals surface area contributed by atoms with Crippen molar-refractivity contribution in [3.63, 3.8) is 0 Å². The summed E-state index contributed by atoms with van der Waals surface area (Å²) in [5.41, 5.74) is 1.53. The Kier molecular flexibility index (Phi) is 3.60. The van der Waals surface area contributed by atoms with Crippen LogP contribution in [0.5, 0.6) is 11.5 Å². The van der Waals surface area contributed by atoms with Crippen LogP contribution in [0.2, 0.25) is 0 Å². The van der Waals surface area contributed by atoms with Crippen LogP contribution in [0.4, 0.5) is 11.5 Å². The molecule has 0 saturated carbocycles. The monoisotopic (exact) mass is 342 g/mol. The molecular weight excluding hydrogens is 324 g/mol. The number of hydrogen-bond acceptors (Lipinski definition) is 5. The summed E-state index contributed by atoms with van der Waals surface area (Å²) in [6.07, 6.45) is 0.178. The molecule has 2 amide bonds. The number of benzene rings is 1. The molecule has 1 aromatic carbocycles. The second kappa shape index (κ2) is 5.80. The maximum atomic E-state index is 12.5. The van der Waals surface area contributed by atoms with Gasteiger partial charge in [-0.1, -0.05) is 0 Å². The summed E-state index contributed by atoms with van der Waals surface area (Å²) >= 11 is 0. The van der Waals surface area contributed by atoms with Crippen molar-refractivity contribution in [2.24, 2.45) is 13.0 Å². The number of carbonyl (C=O) groups is 2. The Labute approximate surface area is 144 Å². The molecule has 8 nitrogen and oxygen atoms in total. The number of nitrogens with one attached hydrogen (secondary N) is 1. The number of anilines is 2. The summed E-state index contributed by atoms with van der Waals surface area (Å²) in [5.74, 6) is 1.23. The van der Waals surface area contributed by atoms with E-state index in [1.807, 2.05) is 6.92 Å². The number of nitrogens with zero attached hydrogens (tertiary/aromatic N) is 3. The first-order chi connectivity index (χ1) is 12.0. The van der Waals surface area contributed by atoms with E-state index in [0.717, 1.165) is 5.69 Å². The highest BCUT2D eigenvalue weighted by Gasteiger charge is 2.36. The molecule has 2 aliphatic rings. The topological polar surface area (TPSA) is 85.7 Å². The summed E-state index contributed by atoms with van der Waals surface area (Å²) in [6, 6.07) is 7.14. The van der Waals surface area contributed by atoms with E-state index in [-0.39, 0.29) is 25.0 Å². The molecule has 2 aliphatic heterocycles. The van der Waals surface area contributed by atoms with Crippen molar-refractivity contribution in [3.8, 4) is 11.5 Å². The smallest absolute Gasteiger partial charge is 0.231 e. The quantitative estimate of drug-likeness (QED) is 0.912. The molecule has 8 heteroatoms. The van der Waals surface area contributed by atoms with Gasteiger partial charge in [0.2, 0.25) is 18.6 Å². The molecule has 1 fully saturated rings. The van der Waals surface area contributed by atoms with E-state index in [1.54, 1.807) is 40.9 Å². The maximum absolute atomic E-state index is 12.5. The highest BCUT2D eigenvalue weighted by molar-refractivity contribution is 6.03. The molecule has 1 atom stereocenters. The van der Waals surface area contributed by atoms with Crippen LogP contribution in [-0.2, 0) is 16.6 Å². The molecule has 3 heterocycles. The molecule has 0 spiro atoms. The minimum atomic E-state index is -0.409. The van der Waals surface area contributed by atoms with Crippen LogP contribution in [0, 0.1) is 12.8 Å². The van der Waals surface area contributed by atoms with Gasteiger partial charge in [0.25, 0.3) is 0 Å². The summed E-state index contributed by atoms with van der Waals surface area (Å²) in [4.78, 5) is 26.5. The number of ether oxygens (including phenoxy) is 2. The molecule has 0 aliphatic carbocycles. The van der Waals surface area contributed by atoms with Crippen LogP contribution in [0.3, 0.4) is 0 Å². The third-order valence-electron chi connectivity index (χ3n) is 4.42. The first-order valence-electron chi connectivity index (χ1n) is 8.03. The van der Waals surface area contributed by atoms with E-state index in [0.29, 0.717) is 29.5 Å². The van der Waals surface area contributed by atoms with Gasteiger partial charge in [-0.2, -0.15) is 5.10 Å². The zero-order chi connectivity index (χ0) is 17.6. The number of aromatic nitrogens is 2. The van der Waals surface area contributed by atoms with E-state index in [9.17, 15) is 9.59 Å². The molecule has 25 heavy (non-hydrogen) atoms. The fourth-order valence-electron chi connectivity index (χ4n) is 3.14. The molecule has 0 unspecified atom stereocenters. The predicted molar refractivity (Wildman–Crippen MR) is 89.6 cm³/mol. The summed E-state index contributed by atoms with van der Waals surface area (Å²) < 4.78 is 12.2. The number of rotatable bonds is 3. The zero-order valence-electron chi connectivity index (χ0n) is 14.0. The minimum absolute atomic E-state index is 0.0831. The Morgan fingerprint density at radius 2 is 2.08 bits per heavy atom. The summed E-state index contributed by atoms with van der Waals surface area (Å²) in [5, 5.41) is 7.05. The summed E-state index contributed by atoms with van der Waals surface area (Å²) in [7, 11) is 1.77. The van der Waals surface area contributed by atoms with Gasteiger partial charge in [0.1, 0.15) is 5.82 Å². The van der Waals surface area contributed by atoms with Gasteiger partial charge in [-0.25, -0.2) is 0 Å². The number of fused-ring (bicyclic) bond motifs is 1. The van der Waals surface area contributed by atoms with Crippen LogP contribution < -0.4 is 19.7 Å². The van der Waals surface area contributed by atoms with Gasteiger partial charge in [0.05, 0.1) is 11.6 Å². The van der Waals surface area contributed by atoms with E-state index < -0.39 is 5.92 Å². The van der Waals surface area contributed by atoms with Crippen molar-refractivity contribution in [2.45, 2.75) is 13.3 Å². The molecule has 130 valence electrons. The van der Waals surface area contributed by atoms with Gasteiger partial charge in [-0.3, -0.25) is 14.3 Å². The Hall–Kier alpha value is -3.03. The Morgan fingerprint density at radius 1 is 1.28 bits per heavy atom. The van der Waals surface area contributed by atoms with Gasteiger partial charge < -0.3 is 19.7 Å². The fraction of sp³-hybridized carbons (Fsp3) is 0.353. The van der Waals surface area contributed by atoms with Crippen LogP contribution in [0.25, 0.3) is 0 Å². The Bertz CT molecular complexity index is 860. The average Bonchev–Trinajstić information content (AvgIpc) is 3.26. The van der Waals surface area contributed by atoms with Crippen LogP contribution in [0.15, 0.2) is 24.3 Å². The van der Waals surface area contributed by atoms with Gasteiger partial charge in [0, 0.05) is 37.8 Å². The zero-order valence-corrected chi connectivity index (χ0v) is 14.0. The number of aryl methyl sites for hydroxylation is 2. The van der Waals surface area contributed by atoms with Crippen molar-refractivity contribution in [1.82, 2.24) is 9.78 Å². The molecular formula is C17H18N4O4. The van der Waals surface area contributed by atoms with E-state index in [1.165, 1.54) is 0 Å². The van der Waals surface area contributed by atoms with Crippen LogP contribution in [0.1, 0.15) is 12.1 Å². The Balaban J connectivity index is 1.48.